The largest absolute Gasteiger partial charge is 0.447 e. The molecule has 0 spiro atoms. The number of nitrogens with zero attached hydrogens (tertiary/aromatic N) is 1. The molecule has 0 aromatic heterocycles. The van der Waals surface area contributed by atoms with Crippen LogP contribution in [-0.2, 0) is 4.74 Å². The first kappa shape index (κ1) is 13.4. The van der Waals surface area contributed by atoms with Crippen molar-refractivity contribution in [1.29, 1.82) is 0 Å². The third kappa shape index (κ3) is 2.67. The zero-order chi connectivity index (χ0) is 13.1. The molecule has 1 aliphatic rings. The predicted octanol–water partition coefficient (Wildman–Crippen LogP) is 2.69. The highest BCUT2D eigenvalue weighted by atomic mass is 79.9. The number of carbonyl (C=O) groups excluding carboxylic acids is 1. The van der Waals surface area contributed by atoms with Crippen molar-refractivity contribution in [1.82, 2.24) is 5.32 Å². The number of halogens is 1. The van der Waals surface area contributed by atoms with Crippen molar-refractivity contribution in [2.75, 3.05) is 25.1 Å². The van der Waals surface area contributed by atoms with Crippen LogP contribution >= 0.6 is 15.9 Å². The lowest BCUT2D eigenvalue weighted by molar-refractivity contribution is 0.178. The molecule has 0 bridgehead atoms. The van der Waals surface area contributed by atoms with Gasteiger partial charge in [-0.15, -0.1) is 0 Å². The SMILES string of the molecule is CNCCC1COC(=O)N1c1ccc(C)cc1Br. The van der Waals surface area contributed by atoms with Crippen LogP contribution in [0.5, 0.6) is 0 Å². The topological polar surface area (TPSA) is 41.6 Å². The van der Waals surface area contributed by atoms with Gasteiger partial charge in [-0.3, -0.25) is 4.90 Å². The lowest BCUT2D eigenvalue weighted by Crippen LogP contribution is -2.35. The Balaban J connectivity index is 2.25. The summed E-state index contributed by atoms with van der Waals surface area (Å²) in [7, 11) is 1.91. The van der Waals surface area contributed by atoms with Gasteiger partial charge in [0.25, 0.3) is 0 Å². The van der Waals surface area contributed by atoms with Crippen molar-refractivity contribution < 1.29 is 9.53 Å². The van der Waals surface area contributed by atoms with E-state index in [4.69, 9.17) is 4.74 Å². The number of anilines is 1. The number of amides is 1. The Bertz CT molecular complexity index is 451. The Morgan fingerprint density at radius 2 is 2.33 bits per heavy atom. The summed E-state index contributed by atoms with van der Waals surface area (Å²) >= 11 is 3.52. The summed E-state index contributed by atoms with van der Waals surface area (Å²) in [4.78, 5) is 13.6. The second kappa shape index (κ2) is 5.71. The van der Waals surface area contributed by atoms with Crippen LogP contribution in [0.2, 0.25) is 0 Å². The van der Waals surface area contributed by atoms with E-state index < -0.39 is 0 Å². The smallest absolute Gasteiger partial charge is 0.414 e. The van der Waals surface area contributed by atoms with Gasteiger partial charge in [-0.1, -0.05) is 6.07 Å². The van der Waals surface area contributed by atoms with Crippen LogP contribution in [0.25, 0.3) is 0 Å². The monoisotopic (exact) mass is 312 g/mol. The van der Waals surface area contributed by atoms with Gasteiger partial charge in [-0.2, -0.15) is 0 Å². The number of hydrogen-bond donors (Lipinski definition) is 1. The van der Waals surface area contributed by atoms with E-state index >= 15 is 0 Å². The lowest BCUT2D eigenvalue weighted by Gasteiger charge is -2.22. The van der Waals surface area contributed by atoms with Gasteiger partial charge in [0, 0.05) is 4.47 Å². The van der Waals surface area contributed by atoms with Crippen molar-refractivity contribution >= 4 is 27.7 Å². The molecule has 1 saturated heterocycles. The maximum Gasteiger partial charge on any atom is 0.414 e. The number of aryl methyl sites for hydroxylation is 1. The summed E-state index contributed by atoms with van der Waals surface area (Å²) in [6.07, 6.45) is 0.614. The molecule has 1 heterocycles. The van der Waals surface area contributed by atoms with E-state index in [0.717, 1.165) is 28.7 Å². The molecule has 1 aromatic rings. The quantitative estimate of drug-likeness (QED) is 0.929. The fourth-order valence-electron chi connectivity index (χ4n) is 2.09. The summed E-state index contributed by atoms with van der Waals surface area (Å²) in [5, 5.41) is 3.10. The van der Waals surface area contributed by atoms with E-state index in [9.17, 15) is 4.79 Å². The van der Waals surface area contributed by atoms with Crippen LogP contribution in [0, 0.1) is 6.92 Å². The molecule has 0 saturated carbocycles. The van der Waals surface area contributed by atoms with E-state index in [2.05, 4.69) is 21.2 Å². The third-order valence-electron chi connectivity index (χ3n) is 3.05. The van der Waals surface area contributed by atoms with Crippen molar-refractivity contribution in [3.63, 3.8) is 0 Å². The standard InChI is InChI=1S/C13H17BrN2O2/c1-9-3-4-12(11(14)7-9)16-10(5-6-15-2)8-18-13(16)17/h3-4,7,10,15H,5-6,8H2,1-2H3. The molecule has 1 unspecified atom stereocenters. The molecule has 0 aliphatic carbocycles. The zero-order valence-corrected chi connectivity index (χ0v) is 12.2. The Labute approximate surface area is 115 Å². The first-order valence-corrected chi connectivity index (χ1v) is 6.79. The van der Waals surface area contributed by atoms with Gasteiger partial charge in [0.2, 0.25) is 0 Å². The molecule has 18 heavy (non-hydrogen) atoms. The predicted molar refractivity (Wildman–Crippen MR) is 75.0 cm³/mol. The van der Waals surface area contributed by atoms with Crippen LogP contribution in [0.3, 0.4) is 0 Å². The van der Waals surface area contributed by atoms with Gasteiger partial charge in [0.15, 0.2) is 0 Å². The van der Waals surface area contributed by atoms with E-state index in [1.807, 2.05) is 32.2 Å². The molecule has 1 atom stereocenters. The highest BCUT2D eigenvalue weighted by Crippen LogP contribution is 2.32. The maximum absolute atomic E-state index is 11.8. The van der Waals surface area contributed by atoms with Gasteiger partial charge < -0.3 is 10.1 Å². The van der Waals surface area contributed by atoms with Gasteiger partial charge >= 0.3 is 6.09 Å². The number of cyclic esters (lactones) is 1. The van der Waals surface area contributed by atoms with E-state index in [0.29, 0.717) is 6.61 Å². The summed E-state index contributed by atoms with van der Waals surface area (Å²) in [6, 6.07) is 6.07. The number of hydrogen-bond acceptors (Lipinski definition) is 3. The third-order valence-corrected chi connectivity index (χ3v) is 3.69. The second-order valence-electron chi connectivity index (χ2n) is 4.45. The first-order valence-electron chi connectivity index (χ1n) is 6.00. The van der Waals surface area contributed by atoms with Gasteiger partial charge in [0.05, 0.1) is 11.7 Å². The molecule has 98 valence electrons. The molecule has 1 aliphatic heterocycles. The summed E-state index contributed by atoms with van der Waals surface area (Å²) in [5.41, 5.74) is 2.04. The van der Waals surface area contributed by atoms with Crippen LogP contribution in [0.4, 0.5) is 10.5 Å². The minimum Gasteiger partial charge on any atom is -0.447 e. The zero-order valence-electron chi connectivity index (χ0n) is 10.6. The fourth-order valence-corrected chi connectivity index (χ4v) is 2.77. The van der Waals surface area contributed by atoms with E-state index in [-0.39, 0.29) is 12.1 Å². The molecule has 1 aromatic carbocycles. The molecule has 2 rings (SSSR count). The molecule has 5 heteroatoms. The van der Waals surface area contributed by atoms with Crippen LogP contribution in [-0.4, -0.2) is 32.3 Å². The summed E-state index contributed by atoms with van der Waals surface area (Å²) < 4.78 is 6.08. The Hall–Kier alpha value is -1.07. The molecule has 1 N–H and O–H groups in total. The first-order chi connectivity index (χ1) is 8.63. The van der Waals surface area contributed by atoms with Gasteiger partial charge in [-0.25, -0.2) is 4.79 Å². The van der Waals surface area contributed by atoms with Crippen molar-refractivity contribution in [3.05, 3.63) is 28.2 Å². The van der Waals surface area contributed by atoms with Gasteiger partial charge in [0.1, 0.15) is 6.61 Å². The van der Waals surface area contributed by atoms with Gasteiger partial charge in [-0.05, 0) is 60.6 Å². The summed E-state index contributed by atoms with van der Waals surface area (Å²) in [6.45, 7) is 3.34. The number of rotatable bonds is 4. The van der Waals surface area contributed by atoms with Crippen molar-refractivity contribution in [3.8, 4) is 0 Å². The number of carbonyl (C=O) groups is 1. The Kier molecular flexibility index (Phi) is 4.24. The fraction of sp³-hybridized carbons (Fsp3) is 0.462. The summed E-state index contributed by atoms with van der Waals surface area (Å²) in [5.74, 6) is 0. The number of ether oxygens (including phenoxy) is 1. The average Bonchev–Trinajstić information content (AvgIpc) is 2.68. The molecule has 0 radical (unpaired) electrons. The van der Waals surface area contributed by atoms with Crippen molar-refractivity contribution in [2.45, 2.75) is 19.4 Å². The normalized spacial score (nSPS) is 19.2. The highest BCUT2D eigenvalue weighted by Gasteiger charge is 2.34. The van der Waals surface area contributed by atoms with Crippen molar-refractivity contribution in [2.24, 2.45) is 0 Å². The second-order valence-corrected chi connectivity index (χ2v) is 5.30. The maximum atomic E-state index is 11.8. The van der Waals surface area contributed by atoms with Crippen LogP contribution in [0.1, 0.15) is 12.0 Å². The Morgan fingerprint density at radius 3 is 3.00 bits per heavy atom. The number of nitrogens with one attached hydrogen (secondary N) is 1. The molecular formula is C13H17BrN2O2. The molecule has 1 amide bonds. The Morgan fingerprint density at radius 1 is 1.56 bits per heavy atom. The lowest BCUT2D eigenvalue weighted by atomic mass is 10.1. The number of benzene rings is 1. The van der Waals surface area contributed by atoms with Crippen LogP contribution < -0.4 is 10.2 Å². The molecule has 4 nitrogen and oxygen atoms in total. The minimum atomic E-state index is -0.263. The van der Waals surface area contributed by atoms with Crippen LogP contribution in [0.15, 0.2) is 22.7 Å². The molecular weight excluding hydrogens is 296 g/mol. The van der Waals surface area contributed by atoms with E-state index in [1.54, 1.807) is 4.90 Å². The minimum absolute atomic E-state index is 0.101. The highest BCUT2D eigenvalue weighted by molar-refractivity contribution is 9.10. The average molecular weight is 313 g/mol. The van der Waals surface area contributed by atoms with E-state index in [1.165, 1.54) is 0 Å². The molecule has 1 fully saturated rings.